The minimum absolute atomic E-state index is 0.0387. The van der Waals surface area contributed by atoms with Crippen LogP contribution in [0.3, 0.4) is 0 Å². The van der Waals surface area contributed by atoms with Crippen molar-refractivity contribution in [3.05, 3.63) is 76.0 Å². The summed E-state index contributed by atoms with van der Waals surface area (Å²) in [6, 6.07) is 11.4. The van der Waals surface area contributed by atoms with Crippen LogP contribution in [0.1, 0.15) is 94.3 Å². The molecule has 2 aliphatic carbocycles. The number of rotatable bonds is 23. The van der Waals surface area contributed by atoms with E-state index >= 15 is 4.39 Å². The van der Waals surface area contributed by atoms with Gasteiger partial charge in [0.15, 0.2) is 5.67 Å². The number of alkyl halides is 1. The Morgan fingerprint density at radius 3 is 2.54 bits per heavy atom. The van der Waals surface area contributed by atoms with Crippen LogP contribution in [-0.4, -0.2) is 112 Å². The van der Waals surface area contributed by atoms with E-state index in [2.05, 4.69) is 60.7 Å². The number of nitrogens with one attached hydrogen (secondary N) is 6. The fourth-order valence-electron chi connectivity index (χ4n) is 8.56. The summed E-state index contributed by atoms with van der Waals surface area (Å²) >= 11 is 9.37. The smallest absolute Gasteiger partial charge is 0.258 e. The summed E-state index contributed by atoms with van der Waals surface area (Å²) in [6.07, 6.45) is 5.85. The largest absolute Gasteiger partial charge is 0.495 e. The Hall–Kier alpha value is -5.04. The molecule has 0 spiro atoms. The maximum atomic E-state index is 15.2. The van der Waals surface area contributed by atoms with Gasteiger partial charge in [0.1, 0.15) is 28.7 Å². The topological polar surface area (TPSA) is 192 Å². The van der Waals surface area contributed by atoms with E-state index < -0.39 is 28.4 Å². The highest BCUT2D eigenvalue weighted by Crippen LogP contribution is 2.60. The lowest BCUT2D eigenvalue weighted by molar-refractivity contribution is -0.143. The van der Waals surface area contributed by atoms with Crippen LogP contribution < -0.4 is 36.6 Å². The molecule has 2 aromatic heterocycles. The number of benzene rings is 2. The second kappa shape index (κ2) is 21.7. The number of anilines is 3. The molecule has 3 fully saturated rings. The summed E-state index contributed by atoms with van der Waals surface area (Å²) in [7, 11) is 3.24. The van der Waals surface area contributed by atoms with E-state index in [0.717, 1.165) is 47.5 Å². The second-order valence-electron chi connectivity index (χ2n) is 19.1. The zero-order valence-electron chi connectivity index (χ0n) is 39.9. The van der Waals surface area contributed by atoms with Gasteiger partial charge in [-0.1, -0.05) is 49.7 Å². The Labute approximate surface area is 411 Å². The molecule has 2 unspecified atom stereocenters. The van der Waals surface area contributed by atoms with Crippen molar-refractivity contribution in [2.45, 2.75) is 114 Å². The number of aryl methyl sites for hydroxylation is 1. The van der Waals surface area contributed by atoms with Crippen molar-refractivity contribution in [3.8, 4) is 16.2 Å². The van der Waals surface area contributed by atoms with E-state index in [4.69, 9.17) is 16.3 Å². The number of carbonyl (C=O) groups is 4. The SMILES string of the molecule is CNc1nc(Nc2ccc(C(=O)NCCNC[C@@H](C)CCC3(C)C[C@@H]3SC(C)(C)[C@H](NC(=O)C3(F)CC3)C(=O)N3CCCC3C(=O)NCc3ccc(-c4scnc4C)cc3)cc2OC)ncc1Cl. The number of amides is 4. The molecule has 0 bridgehead atoms. The van der Waals surface area contributed by atoms with Gasteiger partial charge < -0.3 is 41.5 Å². The van der Waals surface area contributed by atoms with Crippen LogP contribution in [0.25, 0.3) is 10.4 Å². The monoisotopic (exact) mass is 990 g/mol. The molecule has 19 heteroatoms. The highest BCUT2D eigenvalue weighted by atomic mass is 35.5. The minimum atomic E-state index is -1.95. The van der Waals surface area contributed by atoms with E-state index in [1.807, 2.05) is 50.5 Å². The molecule has 4 amide bonds. The summed E-state index contributed by atoms with van der Waals surface area (Å²) in [5.74, 6) is 0.0703. The molecule has 1 aliphatic heterocycles. The lowest BCUT2D eigenvalue weighted by Gasteiger charge is -2.38. The third kappa shape index (κ3) is 12.4. The molecule has 15 nitrogen and oxygen atoms in total. The van der Waals surface area contributed by atoms with E-state index in [1.165, 1.54) is 13.3 Å². The lowest BCUT2D eigenvalue weighted by atomic mass is 9.96. The zero-order valence-corrected chi connectivity index (χ0v) is 42.3. The van der Waals surface area contributed by atoms with Crippen molar-refractivity contribution in [1.29, 1.82) is 0 Å². The third-order valence-corrected chi connectivity index (χ3v) is 16.4. The second-order valence-corrected chi connectivity index (χ2v) is 22.2. The first-order valence-corrected chi connectivity index (χ1v) is 25.5. The van der Waals surface area contributed by atoms with Crippen molar-refractivity contribution in [2.75, 3.05) is 51.0 Å². The van der Waals surface area contributed by atoms with E-state index in [1.54, 1.807) is 53.2 Å². The predicted molar refractivity (Wildman–Crippen MR) is 269 cm³/mol. The number of nitrogens with zero attached hydrogens (tertiary/aromatic N) is 4. The van der Waals surface area contributed by atoms with Crippen LogP contribution in [0, 0.1) is 18.3 Å². The van der Waals surface area contributed by atoms with Gasteiger partial charge in [0.2, 0.25) is 17.8 Å². The number of aromatic nitrogens is 3. The quantitative estimate of drug-likeness (QED) is 0.0398. The molecule has 4 aromatic rings. The minimum Gasteiger partial charge on any atom is -0.495 e. The van der Waals surface area contributed by atoms with Gasteiger partial charge in [-0.15, -0.1) is 23.1 Å². The van der Waals surface area contributed by atoms with Gasteiger partial charge in [0.05, 0.1) is 35.1 Å². The molecular formula is C49H64ClFN10O5S2. The Balaban J connectivity index is 0.860. The number of halogens is 2. The summed E-state index contributed by atoms with van der Waals surface area (Å²) in [5, 5.41) is 19.0. The third-order valence-electron chi connectivity index (χ3n) is 13.3. The van der Waals surface area contributed by atoms with Crippen LogP contribution in [0.4, 0.5) is 21.8 Å². The van der Waals surface area contributed by atoms with Crippen molar-refractivity contribution in [1.82, 2.24) is 41.1 Å². The van der Waals surface area contributed by atoms with Crippen LogP contribution in [0.15, 0.2) is 54.2 Å². The van der Waals surface area contributed by atoms with Crippen molar-refractivity contribution < 1.29 is 28.3 Å². The molecule has 7 rings (SSSR count). The van der Waals surface area contributed by atoms with E-state index in [-0.39, 0.29) is 41.2 Å². The number of thioether (sulfide) groups is 1. The molecule has 3 heterocycles. The average Bonchev–Trinajstić information content (AvgIpc) is 4.03. The van der Waals surface area contributed by atoms with Gasteiger partial charge in [0.25, 0.3) is 11.8 Å². The fourth-order valence-corrected chi connectivity index (χ4v) is 11.4. The van der Waals surface area contributed by atoms with Crippen LogP contribution in [-0.2, 0) is 20.9 Å². The summed E-state index contributed by atoms with van der Waals surface area (Å²) in [4.78, 5) is 70.1. The first-order valence-electron chi connectivity index (χ1n) is 23.3. The maximum absolute atomic E-state index is 15.2. The number of thiazole rings is 1. The lowest BCUT2D eigenvalue weighted by Crippen LogP contribution is -2.61. The number of hydrogen-bond acceptors (Lipinski definition) is 13. The molecule has 1 saturated heterocycles. The predicted octanol–water partition coefficient (Wildman–Crippen LogP) is 7.68. The standard InChI is InChI=1S/C49H64ClFN10O5S2/c1-29(25-53-20-21-54-42(62)33-14-15-35(37(23-33)66-7)58-46-56-27-34(50)41(52-6)60-46)16-17-48(5)24-38(48)68-47(3,4)40(59-45(65)49(51)18-19-49)44(64)61-22-8-9-36(61)43(63)55-26-31-10-12-32(13-11-31)39-30(2)57-28-67-39/h10-15,23,27-29,36,38,40,53H,8-9,16-22,24-26H2,1-7H3,(H,54,62)(H,55,63)(H,59,65)(H2,52,56,58,60)/t29-,36?,38-,40+,48?/m0/s1. The van der Waals surface area contributed by atoms with E-state index in [0.29, 0.717) is 78.7 Å². The molecule has 3 aliphatic rings. The van der Waals surface area contributed by atoms with Gasteiger partial charge in [-0.05, 0) is 113 Å². The number of hydrogen-bond donors (Lipinski definition) is 6. The van der Waals surface area contributed by atoms with Gasteiger partial charge in [-0.2, -0.15) is 4.98 Å². The molecule has 0 radical (unpaired) electrons. The molecule has 5 atom stereocenters. The number of likely N-dealkylation sites (tertiary alicyclic amines) is 1. The van der Waals surface area contributed by atoms with Crippen molar-refractivity contribution >= 4 is 75.8 Å². The molecule has 68 heavy (non-hydrogen) atoms. The van der Waals surface area contributed by atoms with E-state index in [9.17, 15) is 19.2 Å². The first kappa shape index (κ1) is 50.8. The van der Waals surface area contributed by atoms with Gasteiger partial charge in [-0.25, -0.2) is 14.4 Å². The Bertz CT molecular complexity index is 2460. The fraction of sp³-hybridized carbons (Fsp3) is 0.531. The zero-order chi connectivity index (χ0) is 48.8. The molecule has 2 saturated carbocycles. The summed E-state index contributed by atoms with van der Waals surface area (Å²) < 4.78 is 19.9. The Morgan fingerprint density at radius 2 is 1.85 bits per heavy atom. The Kier molecular flexibility index (Phi) is 16.2. The maximum Gasteiger partial charge on any atom is 0.258 e. The van der Waals surface area contributed by atoms with Crippen molar-refractivity contribution in [3.63, 3.8) is 0 Å². The Morgan fingerprint density at radius 1 is 1.09 bits per heavy atom. The first-order chi connectivity index (χ1) is 32.4. The van der Waals surface area contributed by atoms with Crippen LogP contribution >= 0.6 is 34.7 Å². The van der Waals surface area contributed by atoms with Crippen LogP contribution in [0.2, 0.25) is 5.02 Å². The van der Waals surface area contributed by atoms with Gasteiger partial charge >= 0.3 is 0 Å². The number of ether oxygens (including phenoxy) is 1. The summed E-state index contributed by atoms with van der Waals surface area (Å²) in [5.41, 5.74) is 3.94. The molecule has 2 aromatic carbocycles. The highest BCUT2D eigenvalue weighted by molar-refractivity contribution is 8.01. The molecular weight excluding hydrogens is 927 g/mol. The summed E-state index contributed by atoms with van der Waals surface area (Å²) in [6.45, 7) is 12.9. The van der Waals surface area contributed by atoms with Crippen molar-refractivity contribution in [2.24, 2.45) is 11.3 Å². The number of methoxy groups -OCH3 is 1. The van der Waals surface area contributed by atoms with Gasteiger partial charge in [-0.3, -0.25) is 19.2 Å². The molecule has 366 valence electrons. The normalized spacial score (nSPS) is 20.2. The van der Waals surface area contributed by atoms with Gasteiger partial charge in [0, 0.05) is 48.8 Å². The highest BCUT2D eigenvalue weighted by Gasteiger charge is 2.57. The average molecular weight is 992 g/mol. The molecule has 6 N–H and O–H groups in total. The van der Waals surface area contributed by atoms with Crippen LogP contribution in [0.5, 0.6) is 5.75 Å². The number of carbonyl (C=O) groups excluding carboxylic acids is 4.